The predicted octanol–water partition coefficient (Wildman–Crippen LogP) is 5.51. The number of fused-ring (bicyclic) bond motifs is 3. The van der Waals surface area contributed by atoms with E-state index < -0.39 is 5.60 Å². The van der Waals surface area contributed by atoms with Gasteiger partial charge in [-0.3, -0.25) is 9.80 Å². The van der Waals surface area contributed by atoms with Crippen LogP contribution in [0.2, 0.25) is 0 Å². The summed E-state index contributed by atoms with van der Waals surface area (Å²) in [4.78, 5) is 30.1. The Morgan fingerprint density at radius 2 is 1.33 bits per heavy atom. The van der Waals surface area contributed by atoms with Crippen molar-refractivity contribution in [1.82, 2.24) is 39.2 Å². The minimum absolute atomic E-state index is 0.288. The lowest BCUT2D eigenvalue weighted by molar-refractivity contribution is -0.211. The van der Waals surface area contributed by atoms with Crippen molar-refractivity contribution >= 4 is 28.4 Å². The molecule has 8 aliphatic rings. The smallest absolute Gasteiger partial charge is 0.407 e. The number of carbonyl (C=O) groups is 1. The number of ether oxygens (including phenoxy) is 1. The van der Waals surface area contributed by atoms with E-state index in [2.05, 4.69) is 75.1 Å². The molecule has 6 fully saturated rings. The van der Waals surface area contributed by atoms with Gasteiger partial charge in [0.2, 0.25) is 0 Å². The lowest BCUT2D eigenvalue weighted by Gasteiger charge is -2.72. The van der Waals surface area contributed by atoms with E-state index in [0.717, 1.165) is 57.7 Å². The van der Waals surface area contributed by atoms with Crippen LogP contribution in [0, 0.1) is 21.7 Å². The Kier molecular flexibility index (Phi) is 7.89. The Morgan fingerprint density at radius 3 is 1.90 bits per heavy atom. The summed E-state index contributed by atoms with van der Waals surface area (Å²) < 4.78 is 9.87. The van der Waals surface area contributed by atoms with Crippen LogP contribution in [-0.4, -0.2) is 84.8 Å². The average Bonchev–Trinajstić information content (AvgIpc) is 3.71. The number of amides is 1. The number of alkyl carbamates (subject to hydrolysis) is 1. The van der Waals surface area contributed by atoms with Crippen LogP contribution in [0.1, 0.15) is 70.9 Å². The summed E-state index contributed by atoms with van der Waals surface area (Å²) in [6.07, 6.45) is 17.3. The zero-order chi connectivity index (χ0) is 35.8. The van der Waals surface area contributed by atoms with Gasteiger partial charge in [0.25, 0.3) is 0 Å². The Bertz CT molecular complexity index is 1940. The maximum atomic E-state index is 11.8. The molecule has 2 aliphatic heterocycles. The number of nitrogens with one attached hydrogen (secondary N) is 2. The number of pyridine rings is 1. The third-order valence-electron chi connectivity index (χ3n) is 12.8. The first kappa shape index (κ1) is 33.7. The molecule has 0 atom stereocenters. The minimum atomic E-state index is -0.426. The molecule has 12 nitrogen and oxygen atoms in total. The predicted molar refractivity (Wildman–Crippen MR) is 201 cm³/mol. The summed E-state index contributed by atoms with van der Waals surface area (Å²) in [5.74, 6) is 3.01. The maximum absolute atomic E-state index is 11.8. The second-order valence-electron chi connectivity index (χ2n) is 18.4. The van der Waals surface area contributed by atoms with Crippen LogP contribution in [0.25, 0.3) is 10.8 Å². The molecule has 0 spiro atoms. The van der Waals surface area contributed by atoms with Gasteiger partial charge in [-0.15, -0.1) is 0 Å². The molecule has 12 heteroatoms. The van der Waals surface area contributed by atoms with Crippen LogP contribution in [0.4, 0.5) is 16.3 Å². The molecule has 6 saturated carbocycles. The first-order valence-corrected chi connectivity index (χ1v) is 19.2. The SMILES string of the molecule is CC(C)(C)OC(=O)NCC12CC(CN3CCn4ccnc4C3)(C1)C2.Nc1nccc2c(NCC34CC(CN5CCn6ccnc6C5)(C3)C4)cccc12. The normalized spacial score (nSPS) is 29.9. The fourth-order valence-corrected chi connectivity index (χ4v) is 11.1. The molecular weight excluding hydrogens is 653 g/mol. The largest absolute Gasteiger partial charge is 0.444 e. The molecule has 0 saturated heterocycles. The fraction of sp³-hybridized carbons (Fsp3) is 0.600. The van der Waals surface area contributed by atoms with Gasteiger partial charge in [-0.2, -0.15) is 0 Å². The first-order chi connectivity index (χ1) is 24.9. The van der Waals surface area contributed by atoms with E-state index in [0.29, 0.717) is 27.5 Å². The third-order valence-corrected chi connectivity index (χ3v) is 12.8. The van der Waals surface area contributed by atoms with Crippen LogP contribution < -0.4 is 16.4 Å². The number of rotatable bonds is 9. The van der Waals surface area contributed by atoms with Crippen molar-refractivity contribution in [1.29, 1.82) is 0 Å². The zero-order valence-corrected chi connectivity index (χ0v) is 31.0. The van der Waals surface area contributed by atoms with Crippen molar-refractivity contribution in [2.75, 3.05) is 50.3 Å². The molecule has 5 heterocycles. The van der Waals surface area contributed by atoms with Crippen molar-refractivity contribution in [3.63, 3.8) is 0 Å². The second kappa shape index (κ2) is 12.2. The highest BCUT2D eigenvalue weighted by molar-refractivity contribution is 5.99. The van der Waals surface area contributed by atoms with Crippen LogP contribution in [0.15, 0.2) is 55.2 Å². The van der Waals surface area contributed by atoms with Gasteiger partial charge in [0.1, 0.15) is 23.1 Å². The molecule has 276 valence electrons. The fourth-order valence-electron chi connectivity index (χ4n) is 11.1. The van der Waals surface area contributed by atoms with Crippen LogP contribution in [0.5, 0.6) is 0 Å². The number of carbonyl (C=O) groups excluding carboxylic acids is 1. The Balaban J connectivity index is 0.000000140. The Hall–Kier alpha value is -4.16. The topological polar surface area (TPSA) is 131 Å². The zero-order valence-electron chi connectivity index (χ0n) is 31.0. The number of nitrogen functional groups attached to an aromatic ring is 1. The van der Waals surface area contributed by atoms with Crippen molar-refractivity contribution in [2.45, 2.75) is 91.1 Å². The molecule has 52 heavy (non-hydrogen) atoms. The van der Waals surface area contributed by atoms with Crippen molar-refractivity contribution in [2.24, 2.45) is 21.7 Å². The molecule has 1 amide bonds. The molecule has 4 aromatic rings. The minimum Gasteiger partial charge on any atom is -0.444 e. The number of nitrogens with two attached hydrogens (primary N) is 1. The number of benzene rings is 1. The van der Waals surface area contributed by atoms with E-state index >= 15 is 0 Å². The molecule has 3 aromatic heterocycles. The number of hydrogen-bond donors (Lipinski definition) is 3. The van der Waals surface area contributed by atoms with Gasteiger partial charge in [0.05, 0.1) is 13.1 Å². The summed E-state index contributed by atoms with van der Waals surface area (Å²) in [6.45, 7) is 16.3. The highest BCUT2D eigenvalue weighted by Gasteiger charge is 2.68. The summed E-state index contributed by atoms with van der Waals surface area (Å²) in [5, 5.41) is 8.88. The lowest BCUT2D eigenvalue weighted by atomic mass is 9.35. The van der Waals surface area contributed by atoms with Gasteiger partial charge in [0, 0.05) is 99.8 Å². The lowest BCUT2D eigenvalue weighted by Crippen LogP contribution is -2.69. The van der Waals surface area contributed by atoms with E-state index in [1.165, 1.54) is 74.3 Å². The van der Waals surface area contributed by atoms with Gasteiger partial charge in [0.15, 0.2) is 0 Å². The number of nitrogens with zero attached hydrogens (tertiary/aromatic N) is 7. The highest BCUT2D eigenvalue weighted by Crippen LogP contribution is 2.74. The van der Waals surface area contributed by atoms with Gasteiger partial charge in [-0.25, -0.2) is 19.7 Å². The van der Waals surface area contributed by atoms with Gasteiger partial charge >= 0.3 is 6.09 Å². The summed E-state index contributed by atoms with van der Waals surface area (Å²) >= 11 is 0. The average molecular weight is 707 g/mol. The van der Waals surface area contributed by atoms with Crippen LogP contribution >= 0.6 is 0 Å². The number of imidazole rings is 2. The van der Waals surface area contributed by atoms with E-state index in [4.69, 9.17) is 10.5 Å². The van der Waals surface area contributed by atoms with Gasteiger partial charge < -0.3 is 30.2 Å². The van der Waals surface area contributed by atoms with Crippen molar-refractivity contribution in [3.05, 3.63) is 66.9 Å². The molecule has 12 rings (SSSR count). The van der Waals surface area contributed by atoms with Crippen molar-refractivity contribution < 1.29 is 9.53 Å². The molecule has 4 bridgehead atoms. The quantitative estimate of drug-likeness (QED) is 0.206. The van der Waals surface area contributed by atoms with Crippen LogP contribution in [0.3, 0.4) is 0 Å². The van der Waals surface area contributed by atoms with Crippen molar-refractivity contribution in [3.8, 4) is 0 Å². The molecule has 0 unspecified atom stereocenters. The van der Waals surface area contributed by atoms with E-state index in [1.807, 2.05) is 39.2 Å². The maximum Gasteiger partial charge on any atom is 0.407 e. The summed E-state index contributed by atoms with van der Waals surface area (Å²) in [6, 6.07) is 8.31. The van der Waals surface area contributed by atoms with E-state index in [9.17, 15) is 4.79 Å². The van der Waals surface area contributed by atoms with Gasteiger partial charge in [-0.05, 0) is 93.1 Å². The monoisotopic (exact) mass is 706 g/mol. The van der Waals surface area contributed by atoms with Gasteiger partial charge in [-0.1, -0.05) is 12.1 Å². The summed E-state index contributed by atoms with van der Waals surface area (Å²) in [7, 11) is 0. The third kappa shape index (κ3) is 6.31. The Morgan fingerprint density at radius 1 is 0.750 bits per heavy atom. The van der Waals surface area contributed by atoms with E-state index in [-0.39, 0.29) is 6.09 Å². The number of hydrogen-bond acceptors (Lipinski definition) is 9. The molecule has 1 aromatic carbocycles. The first-order valence-electron chi connectivity index (χ1n) is 19.2. The number of aromatic nitrogens is 5. The van der Waals surface area contributed by atoms with Crippen LogP contribution in [-0.2, 0) is 30.9 Å². The molecule has 6 aliphatic carbocycles. The number of anilines is 2. The molecular formula is C40H54N10O2. The molecule has 0 radical (unpaired) electrons. The van der Waals surface area contributed by atoms with E-state index in [1.54, 1.807) is 6.20 Å². The second-order valence-corrected chi connectivity index (χ2v) is 18.4. The standard InChI is InChI=1S/C22H26N6.C18H28N4O2/c23-20-17-2-1-3-18(16(17)4-5-25-20)26-14-21-11-22(12-21,13-21)15-27-8-9-28-7-6-24-19(28)10-27;1-16(2,3)24-15(23)20-12-17-9-18(10-17,11-17)13-21-6-7-22-5-4-19-14(22)8-21/h1-7,26H,8-15H2,(H2,23,25);4-5H,6-13H2,1-3H3,(H,20,23). The molecule has 4 N–H and O–H groups in total. The summed E-state index contributed by atoms with van der Waals surface area (Å²) in [5.41, 5.74) is 8.66. The Labute approximate surface area is 306 Å². The highest BCUT2D eigenvalue weighted by atomic mass is 16.6.